The van der Waals surface area contributed by atoms with Gasteiger partial charge in [-0.3, -0.25) is 4.79 Å². The Bertz CT molecular complexity index is 989. The number of anilines is 1. The van der Waals surface area contributed by atoms with Crippen molar-refractivity contribution in [3.8, 4) is 5.88 Å². The summed E-state index contributed by atoms with van der Waals surface area (Å²) in [6.45, 7) is 0.246. The van der Waals surface area contributed by atoms with Crippen LogP contribution in [0.1, 0.15) is 17.5 Å². The Kier molecular flexibility index (Phi) is 5.82. The third-order valence-corrected chi connectivity index (χ3v) is 3.92. The highest BCUT2D eigenvalue weighted by molar-refractivity contribution is 5.81. The van der Waals surface area contributed by atoms with E-state index in [-0.39, 0.29) is 25.0 Å². The molecule has 2 heterocycles. The number of nitrogen functional groups attached to an aromatic ring is 1. The third-order valence-electron chi connectivity index (χ3n) is 3.92. The van der Waals surface area contributed by atoms with Gasteiger partial charge in [-0.25, -0.2) is 4.98 Å². The molecule has 3 rings (SSSR count). The van der Waals surface area contributed by atoms with Gasteiger partial charge in [0.15, 0.2) is 5.65 Å². The molecule has 0 saturated heterocycles. The molecule has 0 fully saturated rings. The van der Waals surface area contributed by atoms with Gasteiger partial charge < -0.3 is 26.5 Å². The van der Waals surface area contributed by atoms with Crippen molar-refractivity contribution < 1.29 is 22.7 Å². The zero-order valence-electron chi connectivity index (χ0n) is 15.0. The summed E-state index contributed by atoms with van der Waals surface area (Å²) in [5, 5.41) is 2.38. The van der Waals surface area contributed by atoms with Crippen molar-refractivity contribution in [2.75, 3.05) is 5.73 Å². The Morgan fingerprint density at radius 2 is 1.90 bits per heavy atom. The summed E-state index contributed by atoms with van der Waals surface area (Å²) in [6.07, 6.45) is -4.41. The van der Waals surface area contributed by atoms with Gasteiger partial charge in [0.1, 0.15) is 12.1 Å². The number of benzene rings is 1. The van der Waals surface area contributed by atoms with Crippen LogP contribution in [0.3, 0.4) is 0 Å². The van der Waals surface area contributed by atoms with Crippen LogP contribution in [0.5, 0.6) is 5.88 Å². The van der Waals surface area contributed by atoms with Crippen LogP contribution in [0.2, 0.25) is 0 Å². The van der Waals surface area contributed by atoms with E-state index in [1.54, 1.807) is 24.3 Å². The van der Waals surface area contributed by atoms with Crippen molar-refractivity contribution in [1.82, 2.24) is 25.3 Å². The molecule has 0 aliphatic carbocycles. The molecule has 0 unspecified atom stereocenters. The van der Waals surface area contributed by atoms with Crippen LogP contribution in [-0.4, -0.2) is 38.1 Å². The summed E-state index contributed by atoms with van der Waals surface area (Å²) in [7, 11) is 0. The molecule has 29 heavy (non-hydrogen) atoms. The molecule has 0 bridgehead atoms. The van der Waals surface area contributed by atoms with Gasteiger partial charge >= 0.3 is 6.18 Å². The largest absolute Gasteiger partial charge is 0.471 e. The van der Waals surface area contributed by atoms with Gasteiger partial charge in [-0.05, 0) is 11.1 Å². The van der Waals surface area contributed by atoms with Crippen molar-refractivity contribution in [1.29, 1.82) is 0 Å². The molecule has 2 aromatic heterocycles. The number of nitrogens with zero attached hydrogens (tertiary/aromatic N) is 3. The molecule has 0 spiro atoms. The fraction of sp³-hybridized carbons (Fsp3) is 0.294. The normalized spacial score (nSPS) is 12.7. The Morgan fingerprint density at radius 1 is 1.21 bits per heavy atom. The van der Waals surface area contributed by atoms with Gasteiger partial charge in [0.25, 0.3) is 0 Å². The summed E-state index contributed by atoms with van der Waals surface area (Å²) in [5.74, 6) is -0.561. The van der Waals surface area contributed by atoms with Gasteiger partial charge in [-0.2, -0.15) is 23.1 Å². The van der Waals surface area contributed by atoms with Crippen LogP contribution < -0.4 is 21.5 Å². The number of hydrogen-bond acceptors (Lipinski definition) is 7. The number of amides is 1. The number of carbonyl (C=O) groups excluding carboxylic acids is 1. The van der Waals surface area contributed by atoms with Gasteiger partial charge in [0.05, 0.1) is 18.8 Å². The quantitative estimate of drug-likeness (QED) is 0.462. The fourth-order valence-corrected chi connectivity index (χ4v) is 2.49. The Balaban J connectivity index is 1.54. The number of nitrogens with one attached hydrogen (secondary N) is 2. The maximum Gasteiger partial charge on any atom is 0.391 e. The van der Waals surface area contributed by atoms with Crippen molar-refractivity contribution in [2.45, 2.75) is 31.8 Å². The number of halogens is 3. The number of carbonyl (C=O) groups is 1. The van der Waals surface area contributed by atoms with Gasteiger partial charge in [0, 0.05) is 6.54 Å². The third kappa shape index (κ3) is 5.54. The van der Waals surface area contributed by atoms with Crippen LogP contribution in [0.15, 0.2) is 30.6 Å². The standard InChI is InChI=1S/C17H18F3N7O2/c18-17(19,20)5-11(21)14(28)23-6-9-1-3-10(4-2-9)7-29-15-12-13(25-8-24-12)26-16(22)27-15/h1-4,8,11H,5-7,21H2,(H,23,28)(H3,22,24,25,26,27)/t11-/m0/s1. The second kappa shape index (κ2) is 8.31. The molecule has 6 N–H and O–H groups in total. The van der Waals surface area contributed by atoms with E-state index in [2.05, 4.69) is 25.3 Å². The maximum atomic E-state index is 12.3. The molecule has 3 aromatic rings. The first-order valence-electron chi connectivity index (χ1n) is 8.48. The number of imidazole rings is 1. The molecule has 1 aromatic carbocycles. The van der Waals surface area contributed by atoms with Crippen molar-refractivity contribution in [3.05, 3.63) is 41.7 Å². The Hall–Kier alpha value is -3.41. The number of H-pyrrole nitrogens is 1. The van der Waals surface area contributed by atoms with Crippen LogP contribution >= 0.6 is 0 Å². The zero-order chi connectivity index (χ0) is 21.0. The van der Waals surface area contributed by atoms with Crippen molar-refractivity contribution >= 4 is 23.0 Å². The molecule has 12 heteroatoms. The Morgan fingerprint density at radius 3 is 2.59 bits per heavy atom. The average molecular weight is 409 g/mol. The molecular formula is C17H18F3N7O2. The average Bonchev–Trinajstić information content (AvgIpc) is 3.12. The van der Waals surface area contributed by atoms with E-state index in [1.807, 2.05) is 0 Å². The minimum absolute atomic E-state index is 0.0365. The highest BCUT2D eigenvalue weighted by atomic mass is 19.4. The smallest absolute Gasteiger partial charge is 0.391 e. The van der Waals surface area contributed by atoms with E-state index in [0.29, 0.717) is 16.7 Å². The van der Waals surface area contributed by atoms with E-state index in [9.17, 15) is 18.0 Å². The van der Waals surface area contributed by atoms with E-state index < -0.39 is 24.5 Å². The number of aromatic nitrogens is 4. The number of aromatic amines is 1. The first-order chi connectivity index (χ1) is 13.7. The van der Waals surface area contributed by atoms with Crippen LogP contribution in [0.25, 0.3) is 11.2 Å². The molecule has 0 saturated carbocycles. The molecule has 0 aliphatic heterocycles. The minimum atomic E-state index is -4.49. The number of ether oxygens (including phenoxy) is 1. The predicted octanol–water partition coefficient (Wildman–Crippen LogP) is 1.41. The Labute approximate surface area is 162 Å². The van der Waals surface area contributed by atoms with Crippen LogP contribution in [-0.2, 0) is 17.9 Å². The predicted molar refractivity (Wildman–Crippen MR) is 97.4 cm³/mol. The minimum Gasteiger partial charge on any atom is -0.471 e. The zero-order valence-corrected chi connectivity index (χ0v) is 15.0. The summed E-state index contributed by atoms with van der Waals surface area (Å²) >= 11 is 0. The summed E-state index contributed by atoms with van der Waals surface area (Å²) < 4.78 is 42.5. The lowest BCUT2D eigenvalue weighted by atomic mass is 10.1. The number of hydrogen-bond donors (Lipinski definition) is 4. The lowest BCUT2D eigenvalue weighted by Gasteiger charge is -2.14. The monoisotopic (exact) mass is 409 g/mol. The van der Waals surface area contributed by atoms with Gasteiger partial charge in [0.2, 0.25) is 17.7 Å². The molecule has 154 valence electrons. The lowest BCUT2D eigenvalue weighted by Crippen LogP contribution is -2.42. The summed E-state index contributed by atoms with van der Waals surface area (Å²) in [6, 6.07) is 5.31. The second-order valence-electron chi connectivity index (χ2n) is 6.24. The van der Waals surface area contributed by atoms with Crippen molar-refractivity contribution in [3.63, 3.8) is 0 Å². The van der Waals surface area contributed by atoms with E-state index >= 15 is 0 Å². The molecule has 9 nitrogen and oxygen atoms in total. The van der Waals surface area contributed by atoms with E-state index in [0.717, 1.165) is 5.56 Å². The second-order valence-corrected chi connectivity index (χ2v) is 6.24. The highest BCUT2D eigenvalue weighted by Gasteiger charge is 2.33. The van der Waals surface area contributed by atoms with E-state index in [1.165, 1.54) is 6.33 Å². The topological polar surface area (TPSA) is 145 Å². The molecule has 1 amide bonds. The first kappa shape index (κ1) is 20.3. The number of fused-ring (bicyclic) bond motifs is 1. The summed E-state index contributed by atoms with van der Waals surface area (Å²) in [5.41, 5.74) is 13.3. The molecule has 0 radical (unpaired) electrons. The lowest BCUT2D eigenvalue weighted by molar-refractivity contribution is -0.147. The molecule has 0 aliphatic rings. The first-order valence-corrected chi connectivity index (χ1v) is 8.48. The fourth-order valence-electron chi connectivity index (χ4n) is 2.49. The van der Waals surface area contributed by atoms with Crippen molar-refractivity contribution in [2.24, 2.45) is 5.73 Å². The van der Waals surface area contributed by atoms with Gasteiger partial charge in [-0.15, -0.1) is 0 Å². The number of alkyl halides is 3. The van der Waals surface area contributed by atoms with Gasteiger partial charge in [-0.1, -0.05) is 24.3 Å². The molecule has 1 atom stereocenters. The SMILES string of the molecule is Nc1nc(OCc2ccc(CNC(=O)[C@@H](N)CC(F)(F)F)cc2)c2[nH]cnc2n1. The number of rotatable bonds is 7. The molecular weight excluding hydrogens is 391 g/mol. The van der Waals surface area contributed by atoms with Crippen LogP contribution in [0.4, 0.5) is 19.1 Å². The van der Waals surface area contributed by atoms with E-state index in [4.69, 9.17) is 16.2 Å². The number of nitrogens with two attached hydrogens (primary N) is 2. The van der Waals surface area contributed by atoms with Crippen LogP contribution in [0, 0.1) is 0 Å². The summed E-state index contributed by atoms with van der Waals surface area (Å²) in [4.78, 5) is 26.5. The maximum absolute atomic E-state index is 12.3. The highest BCUT2D eigenvalue weighted by Crippen LogP contribution is 2.22.